The Bertz CT molecular complexity index is 519. The second-order valence-corrected chi connectivity index (χ2v) is 5.78. The molecular weight excluding hydrogens is 272 g/mol. The van der Waals surface area contributed by atoms with Crippen molar-refractivity contribution in [2.24, 2.45) is 0 Å². The molecule has 0 aromatic carbocycles. The summed E-state index contributed by atoms with van der Waals surface area (Å²) in [7, 11) is 0. The number of carbonyl (C=O) groups excluding carboxylic acids is 1. The Hall–Kier alpha value is -1.51. The van der Waals surface area contributed by atoms with Crippen LogP contribution in [0, 0.1) is 11.8 Å². The first kappa shape index (κ1) is 14.9. The number of aliphatic hydroxyl groups excluding tert-OH is 1. The molecule has 0 radical (unpaired) electrons. The lowest BCUT2D eigenvalue weighted by Crippen LogP contribution is -2.44. The maximum absolute atomic E-state index is 12.4. The highest BCUT2D eigenvalue weighted by molar-refractivity contribution is 7.99. The zero-order valence-electron chi connectivity index (χ0n) is 11.5. The number of nitrogens with zero attached hydrogens (tertiary/aromatic N) is 2. The van der Waals surface area contributed by atoms with Crippen molar-refractivity contribution in [2.45, 2.75) is 19.4 Å². The van der Waals surface area contributed by atoms with Crippen LogP contribution in [-0.2, 0) is 0 Å². The fourth-order valence-electron chi connectivity index (χ4n) is 1.99. The third kappa shape index (κ3) is 3.75. The molecule has 4 nitrogen and oxygen atoms in total. The van der Waals surface area contributed by atoms with E-state index in [1.54, 1.807) is 18.3 Å². The minimum Gasteiger partial charge on any atom is -0.395 e. The van der Waals surface area contributed by atoms with E-state index in [0.717, 1.165) is 23.6 Å². The van der Waals surface area contributed by atoms with Crippen LogP contribution in [0.2, 0.25) is 0 Å². The summed E-state index contributed by atoms with van der Waals surface area (Å²) in [5, 5.41) is 8.66. The maximum atomic E-state index is 12.4. The first-order valence-corrected chi connectivity index (χ1v) is 7.82. The van der Waals surface area contributed by atoms with E-state index in [2.05, 4.69) is 23.7 Å². The Kier molecular flexibility index (Phi) is 5.45. The molecule has 2 heterocycles. The fraction of sp³-hybridized carbons (Fsp3) is 0.467. The molecule has 1 aliphatic rings. The number of aromatic nitrogens is 1. The van der Waals surface area contributed by atoms with Gasteiger partial charge < -0.3 is 10.0 Å². The van der Waals surface area contributed by atoms with Gasteiger partial charge in [-0.05, 0) is 19.1 Å². The minimum atomic E-state index is -0.00679. The smallest absolute Gasteiger partial charge is 0.272 e. The van der Waals surface area contributed by atoms with Crippen LogP contribution in [0.3, 0.4) is 0 Å². The number of hydrogen-bond donors (Lipinski definition) is 1. The largest absolute Gasteiger partial charge is 0.395 e. The van der Waals surface area contributed by atoms with E-state index < -0.39 is 0 Å². The third-order valence-electron chi connectivity index (χ3n) is 3.08. The normalized spacial score (nSPS) is 18.3. The molecule has 1 atom stereocenters. The predicted octanol–water partition coefficient (Wildman–Crippen LogP) is 1.39. The molecule has 1 saturated heterocycles. The van der Waals surface area contributed by atoms with Gasteiger partial charge in [0.25, 0.3) is 5.91 Å². The Labute approximate surface area is 123 Å². The number of rotatable bonds is 2. The molecule has 1 unspecified atom stereocenters. The molecule has 20 heavy (non-hydrogen) atoms. The Morgan fingerprint density at radius 1 is 1.60 bits per heavy atom. The zero-order valence-corrected chi connectivity index (χ0v) is 12.3. The monoisotopic (exact) mass is 290 g/mol. The van der Waals surface area contributed by atoms with Crippen molar-refractivity contribution in [3.05, 3.63) is 29.6 Å². The molecule has 2 rings (SSSR count). The number of thioether (sulfide) groups is 1. The van der Waals surface area contributed by atoms with Gasteiger partial charge in [0.2, 0.25) is 0 Å². The van der Waals surface area contributed by atoms with Crippen molar-refractivity contribution in [3.63, 3.8) is 0 Å². The van der Waals surface area contributed by atoms with E-state index in [0.29, 0.717) is 12.1 Å². The number of amides is 1. The van der Waals surface area contributed by atoms with Gasteiger partial charge in [-0.2, -0.15) is 11.8 Å². The van der Waals surface area contributed by atoms with E-state index in [1.807, 2.05) is 16.7 Å². The molecule has 0 aliphatic carbocycles. The lowest BCUT2D eigenvalue weighted by Gasteiger charge is -2.32. The van der Waals surface area contributed by atoms with Crippen molar-refractivity contribution in [1.82, 2.24) is 9.88 Å². The van der Waals surface area contributed by atoms with Gasteiger partial charge in [0.1, 0.15) is 5.69 Å². The first-order chi connectivity index (χ1) is 9.72. The summed E-state index contributed by atoms with van der Waals surface area (Å²) in [5.74, 6) is 7.69. The molecule has 5 heteroatoms. The summed E-state index contributed by atoms with van der Waals surface area (Å²) in [6, 6.07) is 3.78. The fourth-order valence-corrected chi connectivity index (χ4v) is 3.00. The van der Waals surface area contributed by atoms with Crippen molar-refractivity contribution in [3.8, 4) is 11.8 Å². The molecule has 0 spiro atoms. The van der Waals surface area contributed by atoms with Crippen LogP contribution in [0.25, 0.3) is 0 Å². The number of pyridine rings is 1. The quantitative estimate of drug-likeness (QED) is 0.836. The van der Waals surface area contributed by atoms with Crippen LogP contribution in [0.1, 0.15) is 29.4 Å². The average Bonchev–Trinajstić information content (AvgIpc) is 2.48. The number of aliphatic hydroxyl groups is 1. The molecule has 1 amide bonds. The minimum absolute atomic E-state index is 0.00679. The van der Waals surface area contributed by atoms with Gasteiger partial charge >= 0.3 is 0 Å². The van der Waals surface area contributed by atoms with Gasteiger partial charge in [-0.3, -0.25) is 4.79 Å². The summed E-state index contributed by atoms with van der Waals surface area (Å²) in [6.07, 6.45) is 2.06. The summed E-state index contributed by atoms with van der Waals surface area (Å²) in [5.41, 5.74) is 1.23. The molecule has 1 N–H and O–H groups in total. The van der Waals surface area contributed by atoms with E-state index in [1.165, 1.54) is 0 Å². The molecule has 1 aromatic rings. The first-order valence-electron chi connectivity index (χ1n) is 6.67. The topological polar surface area (TPSA) is 53.4 Å². The predicted molar refractivity (Wildman–Crippen MR) is 80.6 cm³/mol. The SMILES string of the molecule is CC1CSCCN1C(=O)c1ccc(C#CCCO)cn1. The summed E-state index contributed by atoms with van der Waals surface area (Å²) in [6.45, 7) is 2.91. The third-order valence-corrected chi connectivity index (χ3v) is 4.27. The Balaban J connectivity index is 2.06. The van der Waals surface area contributed by atoms with Crippen LogP contribution < -0.4 is 0 Å². The lowest BCUT2D eigenvalue weighted by molar-refractivity contribution is 0.0710. The van der Waals surface area contributed by atoms with Crippen molar-refractivity contribution < 1.29 is 9.90 Å². The molecule has 0 saturated carbocycles. The number of hydrogen-bond acceptors (Lipinski definition) is 4. The van der Waals surface area contributed by atoms with Crippen LogP contribution in [0.4, 0.5) is 0 Å². The van der Waals surface area contributed by atoms with Gasteiger partial charge in [0, 0.05) is 42.3 Å². The highest BCUT2D eigenvalue weighted by Crippen LogP contribution is 2.18. The highest BCUT2D eigenvalue weighted by atomic mass is 32.2. The Morgan fingerprint density at radius 2 is 2.45 bits per heavy atom. The highest BCUT2D eigenvalue weighted by Gasteiger charge is 2.25. The summed E-state index contributed by atoms with van der Waals surface area (Å²) in [4.78, 5) is 18.5. The maximum Gasteiger partial charge on any atom is 0.272 e. The summed E-state index contributed by atoms with van der Waals surface area (Å²) < 4.78 is 0. The van der Waals surface area contributed by atoms with Crippen molar-refractivity contribution in [2.75, 3.05) is 24.7 Å². The van der Waals surface area contributed by atoms with E-state index in [-0.39, 0.29) is 18.6 Å². The van der Waals surface area contributed by atoms with Gasteiger partial charge in [-0.15, -0.1) is 0 Å². The molecular formula is C15H18N2O2S. The van der Waals surface area contributed by atoms with Crippen LogP contribution in [0.15, 0.2) is 18.3 Å². The molecule has 1 fully saturated rings. The van der Waals surface area contributed by atoms with Gasteiger partial charge in [-0.25, -0.2) is 4.98 Å². The molecule has 1 aromatic heterocycles. The molecule has 1 aliphatic heterocycles. The van der Waals surface area contributed by atoms with Gasteiger partial charge in [0.05, 0.1) is 6.61 Å². The van der Waals surface area contributed by atoms with E-state index in [4.69, 9.17) is 5.11 Å². The second kappa shape index (κ2) is 7.32. The van der Waals surface area contributed by atoms with Crippen molar-refractivity contribution in [1.29, 1.82) is 0 Å². The van der Waals surface area contributed by atoms with E-state index in [9.17, 15) is 4.79 Å². The lowest BCUT2D eigenvalue weighted by atomic mass is 10.2. The standard InChI is InChI=1S/C15H18N2O2S/c1-12-11-20-9-7-17(12)15(19)14-6-5-13(10-16-14)4-2-3-8-18/h5-6,10,12,18H,3,7-9,11H2,1H3. The Morgan fingerprint density at radius 3 is 3.10 bits per heavy atom. The second-order valence-electron chi connectivity index (χ2n) is 4.63. The molecule has 0 bridgehead atoms. The van der Waals surface area contributed by atoms with E-state index >= 15 is 0 Å². The van der Waals surface area contributed by atoms with Crippen LogP contribution >= 0.6 is 11.8 Å². The van der Waals surface area contributed by atoms with Gasteiger partial charge in [0.15, 0.2) is 0 Å². The van der Waals surface area contributed by atoms with Crippen molar-refractivity contribution >= 4 is 17.7 Å². The number of carbonyl (C=O) groups is 1. The zero-order chi connectivity index (χ0) is 14.4. The molecule has 106 valence electrons. The average molecular weight is 290 g/mol. The van der Waals surface area contributed by atoms with Crippen LogP contribution in [0.5, 0.6) is 0 Å². The van der Waals surface area contributed by atoms with Gasteiger partial charge in [-0.1, -0.05) is 11.8 Å². The summed E-state index contributed by atoms with van der Waals surface area (Å²) >= 11 is 1.88. The van der Waals surface area contributed by atoms with Crippen LogP contribution in [-0.4, -0.2) is 51.6 Å².